The van der Waals surface area contributed by atoms with Crippen molar-refractivity contribution in [1.29, 1.82) is 0 Å². The molecular weight excluding hydrogens is 336 g/mol. The Hall–Kier alpha value is -2.04. The Morgan fingerprint density at radius 3 is 2.52 bits per heavy atom. The molecule has 1 fully saturated rings. The first-order chi connectivity index (χ1) is 12.1. The third kappa shape index (κ3) is 4.97. The summed E-state index contributed by atoms with van der Waals surface area (Å²) in [6.45, 7) is 1.07. The summed E-state index contributed by atoms with van der Waals surface area (Å²) in [7, 11) is 1.52. The molecule has 1 saturated carbocycles. The van der Waals surface area contributed by atoms with E-state index < -0.39 is 0 Å². The molecular formula is C20H23ClN2O2. The third-order valence-electron chi connectivity index (χ3n) is 4.66. The summed E-state index contributed by atoms with van der Waals surface area (Å²) in [6, 6.07) is 17.5. The molecule has 1 aliphatic carbocycles. The number of halogens is 1. The van der Waals surface area contributed by atoms with Crippen molar-refractivity contribution in [3.8, 4) is 0 Å². The largest absolute Gasteiger partial charge is 0.341 e. The van der Waals surface area contributed by atoms with E-state index in [2.05, 4.69) is 11.4 Å². The average Bonchev–Trinajstić information content (AvgIpc) is 3.38. The fourth-order valence-corrected chi connectivity index (χ4v) is 3.21. The van der Waals surface area contributed by atoms with Gasteiger partial charge >= 0.3 is 6.03 Å². The van der Waals surface area contributed by atoms with Gasteiger partial charge < -0.3 is 5.32 Å². The zero-order valence-electron chi connectivity index (χ0n) is 14.4. The Morgan fingerprint density at radius 1 is 1.16 bits per heavy atom. The molecule has 132 valence electrons. The van der Waals surface area contributed by atoms with Crippen LogP contribution in [0.25, 0.3) is 0 Å². The molecule has 0 spiro atoms. The van der Waals surface area contributed by atoms with Crippen LogP contribution in [0.3, 0.4) is 0 Å². The number of benzene rings is 2. The van der Waals surface area contributed by atoms with Crippen molar-refractivity contribution in [3.63, 3.8) is 0 Å². The number of rotatable bonds is 7. The number of hydroxylamine groups is 2. The van der Waals surface area contributed by atoms with Gasteiger partial charge in [0.05, 0.1) is 13.7 Å². The van der Waals surface area contributed by atoms with Crippen LogP contribution >= 0.6 is 11.6 Å². The van der Waals surface area contributed by atoms with Gasteiger partial charge in [0.2, 0.25) is 0 Å². The molecule has 5 heteroatoms. The number of hydrogen-bond acceptors (Lipinski definition) is 2. The monoisotopic (exact) mass is 358 g/mol. The highest BCUT2D eigenvalue weighted by Crippen LogP contribution is 2.48. The van der Waals surface area contributed by atoms with Gasteiger partial charge in [0.1, 0.15) is 0 Å². The van der Waals surface area contributed by atoms with Gasteiger partial charge in [-0.05, 0) is 47.9 Å². The molecule has 3 rings (SSSR count). The standard InChI is InChI=1S/C20H23ClN2O2/c1-25-23(14-16-6-3-2-4-7-16)19(24)22-15-20(10-11-20)13-17-8-5-9-18(21)12-17/h2-9,12H,10-11,13-15H2,1H3,(H,22,24). The lowest BCUT2D eigenvalue weighted by Gasteiger charge is -2.23. The van der Waals surface area contributed by atoms with E-state index in [9.17, 15) is 4.79 Å². The summed E-state index contributed by atoms with van der Waals surface area (Å²) >= 11 is 6.07. The molecule has 1 aliphatic rings. The van der Waals surface area contributed by atoms with Gasteiger partial charge in [0.25, 0.3) is 0 Å². The van der Waals surface area contributed by atoms with Crippen LogP contribution < -0.4 is 5.32 Å². The van der Waals surface area contributed by atoms with Crippen molar-refractivity contribution in [2.45, 2.75) is 25.8 Å². The molecule has 2 aromatic rings. The second-order valence-corrected chi connectivity index (χ2v) is 7.11. The molecule has 25 heavy (non-hydrogen) atoms. The molecule has 0 aliphatic heterocycles. The minimum absolute atomic E-state index is 0.145. The zero-order chi connectivity index (χ0) is 17.7. The van der Waals surface area contributed by atoms with E-state index in [4.69, 9.17) is 16.4 Å². The van der Waals surface area contributed by atoms with Gasteiger partial charge in [-0.15, -0.1) is 0 Å². The van der Waals surface area contributed by atoms with E-state index in [-0.39, 0.29) is 11.4 Å². The Balaban J connectivity index is 1.54. The van der Waals surface area contributed by atoms with Gasteiger partial charge in [-0.25, -0.2) is 4.79 Å². The lowest BCUT2D eigenvalue weighted by molar-refractivity contribution is -0.0934. The zero-order valence-corrected chi connectivity index (χ0v) is 15.1. The van der Waals surface area contributed by atoms with Crippen LogP contribution in [-0.4, -0.2) is 24.7 Å². The summed E-state index contributed by atoms with van der Waals surface area (Å²) in [5, 5.41) is 5.13. The van der Waals surface area contributed by atoms with Crippen molar-refractivity contribution in [2.24, 2.45) is 5.41 Å². The first-order valence-electron chi connectivity index (χ1n) is 8.48. The highest BCUT2D eigenvalue weighted by molar-refractivity contribution is 6.30. The number of hydrogen-bond donors (Lipinski definition) is 1. The van der Waals surface area contributed by atoms with Gasteiger partial charge in [0, 0.05) is 11.6 Å². The normalized spacial score (nSPS) is 14.8. The number of urea groups is 1. The Bertz CT molecular complexity index is 717. The lowest BCUT2D eigenvalue weighted by atomic mass is 9.96. The van der Waals surface area contributed by atoms with E-state index in [1.165, 1.54) is 17.7 Å². The van der Waals surface area contributed by atoms with Crippen molar-refractivity contribution in [1.82, 2.24) is 10.4 Å². The Kier molecular flexibility index (Phi) is 5.61. The Labute approximate surface area is 153 Å². The molecule has 0 bridgehead atoms. The van der Waals surface area contributed by atoms with Crippen LogP contribution in [0.15, 0.2) is 54.6 Å². The molecule has 1 N–H and O–H groups in total. The van der Waals surface area contributed by atoms with Crippen LogP contribution in [0.5, 0.6) is 0 Å². The number of carbonyl (C=O) groups is 1. The molecule has 0 heterocycles. The van der Waals surface area contributed by atoms with Crippen LogP contribution in [-0.2, 0) is 17.8 Å². The molecule has 4 nitrogen and oxygen atoms in total. The van der Waals surface area contributed by atoms with Gasteiger partial charge in [-0.1, -0.05) is 54.1 Å². The van der Waals surface area contributed by atoms with Crippen molar-refractivity contribution in [2.75, 3.05) is 13.7 Å². The van der Waals surface area contributed by atoms with Crippen LogP contribution in [0.2, 0.25) is 5.02 Å². The second kappa shape index (κ2) is 7.89. The SMILES string of the molecule is CON(Cc1ccccc1)C(=O)NCC1(Cc2cccc(Cl)c2)CC1. The number of nitrogens with zero attached hydrogens (tertiary/aromatic N) is 1. The summed E-state index contributed by atoms with van der Waals surface area (Å²) in [4.78, 5) is 17.7. The first-order valence-corrected chi connectivity index (χ1v) is 8.86. The maximum atomic E-state index is 12.4. The van der Waals surface area contributed by atoms with E-state index in [0.29, 0.717) is 13.1 Å². The summed E-state index contributed by atoms with van der Waals surface area (Å²) in [6.07, 6.45) is 3.16. The fraction of sp³-hybridized carbons (Fsp3) is 0.350. The second-order valence-electron chi connectivity index (χ2n) is 6.67. The molecule has 0 atom stereocenters. The van der Waals surface area contributed by atoms with Crippen LogP contribution in [0, 0.1) is 5.41 Å². The van der Waals surface area contributed by atoms with Crippen molar-refractivity contribution in [3.05, 3.63) is 70.7 Å². The molecule has 0 saturated heterocycles. The van der Waals surface area contributed by atoms with E-state index in [1.807, 2.05) is 48.5 Å². The smallest absolute Gasteiger partial charge is 0.336 e. The maximum Gasteiger partial charge on any atom is 0.341 e. The molecule has 2 aromatic carbocycles. The molecule has 2 amide bonds. The van der Waals surface area contributed by atoms with Crippen LogP contribution in [0.1, 0.15) is 24.0 Å². The number of amides is 2. The summed E-state index contributed by atoms with van der Waals surface area (Å²) in [5.41, 5.74) is 2.39. The third-order valence-corrected chi connectivity index (χ3v) is 4.89. The summed E-state index contributed by atoms with van der Waals surface area (Å²) < 4.78 is 0. The first kappa shape index (κ1) is 17.8. The van der Waals surface area contributed by atoms with E-state index >= 15 is 0 Å². The number of nitrogens with one attached hydrogen (secondary N) is 1. The van der Waals surface area contributed by atoms with Crippen molar-refractivity contribution >= 4 is 17.6 Å². The highest BCUT2D eigenvalue weighted by Gasteiger charge is 2.42. The van der Waals surface area contributed by atoms with E-state index in [0.717, 1.165) is 29.8 Å². The average molecular weight is 359 g/mol. The lowest BCUT2D eigenvalue weighted by Crippen LogP contribution is -2.41. The predicted octanol–water partition coefficient (Wildman–Crippen LogP) is 4.44. The molecule has 0 radical (unpaired) electrons. The molecule has 0 aromatic heterocycles. The van der Waals surface area contributed by atoms with Gasteiger partial charge in [0.15, 0.2) is 0 Å². The van der Waals surface area contributed by atoms with Gasteiger partial charge in [-0.2, -0.15) is 5.06 Å². The predicted molar refractivity (Wildman–Crippen MR) is 99.2 cm³/mol. The maximum absolute atomic E-state index is 12.4. The number of carbonyl (C=O) groups excluding carboxylic acids is 1. The van der Waals surface area contributed by atoms with Crippen molar-refractivity contribution < 1.29 is 9.63 Å². The highest BCUT2D eigenvalue weighted by atomic mass is 35.5. The fourth-order valence-electron chi connectivity index (χ4n) is 2.99. The minimum atomic E-state index is -0.205. The van der Waals surface area contributed by atoms with Gasteiger partial charge in [-0.3, -0.25) is 4.84 Å². The quantitative estimate of drug-likeness (QED) is 0.743. The van der Waals surface area contributed by atoms with Crippen LogP contribution in [0.4, 0.5) is 4.79 Å². The topological polar surface area (TPSA) is 41.6 Å². The summed E-state index contributed by atoms with van der Waals surface area (Å²) in [5.74, 6) is 0. The van der Waals surface area contributed by atoms with E-state index in [1.54, 1.807) is 0 Å². The minimum Gasteiger partial charge on any atom is -0.336 e. The Morgan fingerprint density at radius 2 is 1.88 bits per heavy atom. The molecule has 0 unspecified atom stereocenters.